The Morgan fingerprint density at radius 3 is 2.10 bits per heavy atom. The average molecular weight is 389 g/mol. The van der Waals surface area contributed by atoms with E-state index in [1.807, 2.05) is 18.2 Å². The zero-order valence-electron chi connectivity index (χ0n) is 17.1. The summed E-state index contributed by atoms with van der Waals surface area (Å²) in [6.07, 6.45) is 0. The van der Waals surface area contributed by atoms with Gasteiger partial charge in [0.05, 0.1) is 20.3 Å². The molecule has 0 bridgehead atoms. The van der Waals surface area contributed by atoms with Crippen molar-refractivity contribution in [3.63, 3.8) is 0 Å². The van der Waals surface area contributed by atoms with E-state index in [-0.39, 0.29) is 6.04 Å². The Labute approximate surface area is 173 Å². The molecular weight excluding hydrogens is 360 g/mol. The number of ether oxygens (including phenoxy) is 2. The quantitative estimate of drug-likeness (QED) is 0.680. The summed E-state index contributed by atoms with van der Waals surface area (Å²) in [5.41, 5.74) is 4.86. The maximum absolute atomic E-state index is 5.79. The van der Waals surface area contributed by atoms with Crippen LogP contribution in [0.2, 0.25) is 0 Å². The van der Waals surface area contributed by atoms with Crippen LogP contribution in [0.4, 0.5) is 0 Å². The lowest BCUT2D eigenvalue weighted by Crippen LogP contribution is -2.45. The van der Waals surface area contributed by atoms with E-state index in [0.717, 1.165) is 43.2 Å². The van der Waals surface area contributed by atoms with Gasteiger partial charge < -0.3 is 14.8 Å². The van der Waals surface area contributed by atoms with Gasteiger partial charge in [-0.3, -0.25) is 4.90 Å². The minimum atomic E-state index is 0.118. The molecule has 0 aromatic heterocycles. The molecule has 0 spiro atoms. The molecule has 1 unspecified atom stereocenters. The van der Waals surface area contributed by atoms with Gasteiger partial charge in [-0.25, -0.2) is 0 Å². The first-order valence-corrected chi connectivity index (χ1v) is 10.1. The molecule has 150 valence electrons. The van der Waals surface area contributed by atoms with Crippen molar-refractivity contribution in [3.8, 4) is 22.6 Å². The number of nitrogens with one attached hydrogen (secondary N) is 1. The monoisotopic (exact) mass is 388 g/mol. The van der Waals surface area contributed by atoms with Crippen LogP contribution in [0, 0.1) is 0 Å². The van der Waals surface area contributed by atoms with E-state index >= 15 is 0 Å². The minimum absolute atomic E-state index is 0.118. The van der Waals surface area contributed by atoms with Crippen LogP contribution in [0.5, 0.6) is 11.5 Å². The van der Waals surface area contributed by atoms with E-state index in [0.29, 0.717) is 0 Å². The first-order valence-electron chi connectivity index (χ1n) is 10.1. The summed E-state index contributed by atoms with van der Waals surface area (Å²) in [6, 6.07) is 25.7. The van der Waals surface area contributed by atoms with Crippen LogP contribution < -0.4 is 14.8 Å². The van der Waals surface area contributed by atoms with E-state index in [1.165, 1.54) is 16.7 Å². The van der Waals surface area contributed by atoms with Crippen molar-refractivity contribution >= 4 is 0 Å². The highest BCUT2D eigenvalue weighted by Crippen LogP contribution is 2.40. The molecule has 0 amide bonds. The van der Waals surface area contributed by atoms with Gasteiger partial charge in [0.2, 0.25) is 0 Å². The minimum Gasteiger partial charge on any atom is -0.493 e. The van der Waals surface area contributed by atoms with E-state index in [1.54, 1.807) is 14.2 Å². The van der Waals surface area contributed by atoms with E-state index in [9.17, 15) is 0 Å². The summed E-state index contributed by atoms with van der Waals surface area (Å²) in [5.74, 6) is 1.58. The fourth-order valence-corrected chi connectivity index (χ4v) is 4.14. The number of hydrogen-bond acceptors (Lipinski definition) is 4. The van der Waals surface area contributed by atoms with Crippen molar-refractivity contribution in [3.05, 3.63) is 83.9 Å². The number of methoxy groups -OCH3 is 2. The summed E-state index contributed by atoms with van der Waals surface area (Å²) in [7, 11) is 3.41. The van der Waals surface area contributed by atoms with Crippen LogP contribution in [-0.4, -0.2) is 45.3 Å². The Kier molecular flexibility index (Phi) is 6.13. The van der Waals surface area contributed by atoms with Crippen LogP contribution in [0.15, 0.2) is 72.8 Å². The molecule has 4 nitrogen and oxygen atoms in total. The molecule has 1 heterocycles. The number of para-hydroxylation sites is 1. The number of rotatable bonds is 6. The maximum atomic E-state index is 5.79. The van der Waals surface area contributed by atoms with Crippen molar-refractivity contribution in [1.82, 2.24) is 10.2 Å². The van der Waals surface area contributed by atoms with Crippen molar-refractivity contribution in [2.24, 2.45) is 0 Å². The largest absolute Gasteiger partial charge is 0.493 e. The highest BCUT2D eigenvalue weighted by Gasteiger charge is 2.27. The third-order valence-corrected chi connectivity index (χ3v) is 5.58. The summed E-state index contributed by atoms with van der Waals surface area (Å²) < 4.78 is 11.4. The van der Waals surface area contributed by atoms with Crippen LogP contribution in [0.1, 0.15) is 17.2 Å². The third kappa shape index (κ3) is 4.14. The molecule has 3 aromatic carbocycles. The standard InChI is InChI=1S/C25H28N2O2/c1-28-23-10-6-9-22(25(23)29-2)24(27-17-15-26-16-18-27)21-13-11-20(12-14-21)19-7-4-3-5-8-19/h3-14,24,26H,15-18H2,1-2H3. The van der Waals surface area contributed by atoms with Gasteiger partial charge >= 0.3 is 0 Å². The predicted molar refractivity (Wildman–Crippen MR) is 118 cm³/mol. The Balaban J connectivity index is 1.76. The molecule has 1 fully saturated rings. The van der Waals surface area contributed by atoms with Gasteiger partial charge in [0, 0.05) is 31.7 Å². The van der Waals surface area contributed by atoms with Gasteiger partial charge in [-0.05, 0) is 22.8 Å². The lowest BCUT2D eigenvalue weighted by Gasteiger charge is -2.36. The van der Waals surface area contributed by atoms with Crippen molar-refractivity contribution in [1.29, 1.82) is 0 Å². The van der Waals surface area contributed by atoms with Crippen LogP contribution >= 0.6 is 0 Å². The van der Waals surface area contributed by atoms with E-state index in [4.69, 9.17) is 9.47 Å². The molecule has 1 aliphatic rings. The molecular formula is C25H28N2O2. The molecule has 1 atom stereocenters. The average Bonchev–Trinajstić information content (AvgIpc) is 2.81. The third-order valence-electron chi connectivity index (χ3n) is 5.58. The van der Waals surface area contributed by atoms with Crippen molar-refractivity contribution < 1.29 is 9.47 Å². The lowest BCUT2D eigenvalue weighted by atomic mass is 9.93. The molecule has 0 saturated carbocycles. The summed E-state index contributed by atoms with van der Waals surface area (Å²) in [4.78, 5) is 2.52. The fourth-order valence-electron chi connectivity index (χ4n) is 4.14. The Morgan fingerprint density at radius 1 is 0.759 bits per heavy atom. The summed E-state index contributed by atoms with van der Waals surface area (Å²) in [5, 5.41) is 3.46. The van der Waals surface area contributed by atoms with Crippen molar-refractivity contribution in [2.45, 2.75) is 6.04 Å². The summed E-state index contributed by atoms with van der Waals surface area (Å²) >= 11 is 0. The maximum Gasteiger partial charge on any atom is 0.165 e. The lowest BCUT2D eigenvalue weighted by molar-refractivity contribution is 0.194. The molecule has 1 saturated heterocycles. The fraction of sp³-hybridized carbons (Fsp3) is 0.280. The van der Waals surface area contributed by atoms with Gasteiger partial charge in [0.1, 0.15) is 0 Å². The first kappa shape index (κ1) is 19.5. The smallest absolute Gasteiger partial charge is 0.165 e. The van der Waals surface area contributed by atoms with Gasteiger partial charge in [-0.15, -0.1) is 0 Å². The Hall–Kier alpha value is -2.82. The molecule has 1 aliphatic heterocycles. The number of piperazine rings is 1. The summed E-state index contributed by atoms with van der Waals surface area (Å²) in [6.45, 7) is 3.96. The molecule has 4 heteroatoms. The zero-order valence-corrected chi connectivity index (χ0v) is 17.1. The van der Waals surface area contributed by atoms with Gasteiger partial charge in [0.15, 0.2) is 11.5 Å². The topological polar surface area (TPSA) is 33.7 Å². The van der Waals surface area contributed by atoms with Crippen LogP contribution in [0.25, 0.3) is 11.1 Å². The molecule has 29 heavy (non-hydrogen) atoms. The molecule has 0 aliphatic carbocycles. The first-order chi connectivity index (χ1) is 14.3. The predicted octanol–water partition coefficient (Wildman–Crippen LogP) is 4.37. The van der Waals surface area contributed by atoms with E-state index in [2.05, 4.69) is 64.8 Å². The highest BCUT2D eigenvalue weighted by atomic mass is 16.5. The molecule has 0 radical (unpaired) electrons. The Bertz CT molecular complexity index is 919. The van der Waals surface area contributed by atoms with Gasteiger partial charge in [0.25, 0.3) is 0 Å². The normalized spacial score (nSPS) is 15.7. The molecule has 1 N–H and O–H groups in total. The van der Waals surface area contributed by atoms with Gasteiger partial charge in [-0.2, -0.15) is 0 Å². The van der Waals surface area contributed by atoms with Crippen molar-refractivity contribution in [2.75, 3.05) is 40.4 Å². The molecule has 3 aromatic rings. The number of benzene rings is 3. The Morgan fingerprint density at radius 2 is 1.45 bits per heavy atom. The van der Waals surface area contributed by atoms with Gasteiger partial charge in [-0.1, -0.05) is 66.7 Å². The SMILES string of the molecule is COc1cccc(C(c2ccc(-c3ccccc3)cc2)N2CCNCC2)c1OC. The second-order valence-electron chi connectivity index (χ2n) is 7.26. The number of nitrogens with zero attached hydrogens (tertiary/aromatic N) is 1. The second-order valence-corrected chi connectivity index (χ2v) is 7.26. The van der Waals surface area contributed by atoms with Crippen LogP contribution in [-0.2, 0) is 0 Å². The zero-order chi connectivity index (χ0) is 20.1. The second kappa shape index (κ2) is 9.12. The van der Waals surface area contributed by atoms with E-state index < -0.39 is 0 Å². The van der Waals surface area contributed by atoms with Crippen LogP contribution in [0.3, 0.4) is 0 Å². The number of hydrogen-bond donors (Lipinski definition) is 1. The highest BCUT2D eigenvalue weighted by molar-refractivity contribution is 5.64. The molecule has 4 rings (SSSR count).